The molecule has 4 aromatic rings. The van der Waals surface area contributed by atoms with Crippen molar-refractivity contribution in [2.45, 2.75) is 10.3 Å². The zero-order chi connectivity index (χ0) is 23.2. The van der Waals surface area contributed by atoms with E-state index in [0.29, 0.717) is 33.4 Å². The van der Waals surface area contributed by atoms with Crippen molar-refractivity contribution in [2.75, 3.05) is 7.11 Å². The van der Waals surface area contributed by atoms with Crippen LogP contribution in [0.4, 0.5) is 0 Å². The highest BCUT2D eigenvalue weighted by molar-refractivity contribution is 8.00. The molecule has 1 unspecified atom stereocenters. The molecule has 2 heterocycles. The van der Waals surface area contributed by atoms with Crippen LogP contribution >= 0.6 is 11.8 Å². The van der Waals surface area contributed by atoms with Crippen LogP contribution in [0.25, 0.3) is 22.6 Å². The third-order valence-corrected chi connectivity index (χ3v) is 6.08. The van der Waals surface area contributed by atoms with Crippen LogP contribution in [0.3, 0.4) is 0 Å². The molecule has 33 heavy (non-hydrogen) atoms. The Morgan fingerprint density at radius 3 is 2.36 bits per heavy atom. The third kappa shape index (κ3) is 4.84. The second-order valence-electron chi connectivity index (χ2n) is 6.89. The molecule has 2 aromatic heterocycles. The van der Waals surface area contributed by atoms with Gasteiger partial charge in [0.1, 0.15) is 27.8 Å². The van der Waals surface area contributed by atoms with Gasteiger partial charge in [-0.2, -0.15) is 5.26 Å². The van der Waals surface area contributed by atoms with Gasteiger partial charge in [-0.3, -0.25) is 4.79 Å². The van der Waals surface area contributed by atoms with Crippen LogP contribution in [0, 0.1) is 11.3 Å². The number of ether oxygens (including phenoxy) is 1. The van der Waals surface area contributed by atoms with Gasteiger partial charge in [0, 0.05) is 18.0 Å². The predicted molar refractivity (Wildman–Crippen MR) is 125 cm³/mol. The van der Waals surface area contributed by atoms with E-state index in [-0.39, 0.29) is 5.56 Å². The lowest BCUT2D eigenvalue weighted by Gasteiger charge is -2.16. The fourth-order valence-electron chi connectivity index (χ4n) is 3.26. The zero-order valence-corrected chi connectivity index (χ0v) is 18.4. The van der Waals surface area contributed by atoms with Gasteiger partial charge in [-0.1, -0.05) is 54.2 Å². The number of hydrogen-bond donors (Lipinski definition) is 1. The number of pyridine rings is 1. The van der Waals surface area contributed by atoms with Gasteiger partial charge in [0.25, 0.3) is 0 Å². The molecule has 0 radical (unpaired) electrons. The van der Waals surface area contributed by atoms with Gasteiger partial charge in [0.15, 0.2) is 5.82 Å². The van der Waals surface area contributed by atoms with Crippen LogP contribution in [-0.4, -0.2) is 33.1 Å². The summed E-state index contributed by atoms with van der Waals surface area (Å²) < 4.78 is 5.24. The molecule has 0 aliphatic heterocycles. The lowest BCUT2D eigenvalue weighted by Crippen LogP contribution is -2.09. The molecule has 0 aliphatic carbocycles. The zero-order valence-electron chi connectivity index (χ0n) is 17.5. The Hall–Kier alpha value is -4.22. The van der Waals surface area contributed by atoms with Crippen molar-refractivity contribution in [1.29, 1.82) is 5.26 Å². The summed E-state index contributed by atoms with van der Waals surface area (Å²) in [6.45, 7) is 0. The molecular formula is C25H18N4O3S. The van der Waals surface area contributed by atoms with Crippen molar-refractivity contribution in [3.8, 4) is 34.5 Å². The average molecular weight is 455 g/mol. The summed E-state index contributed by atoms with van der Waals surface area (Å²) in [5.74, 6) is 0.0389. The molecule has 1 N–H and O–H groups in total. The highest BCUT2D eigenvalue weighted by Gasteiger charge is 2.26. The number of nitriles is 1. The molecule has 7 nitrogen and oxygen atoms in total. The largest absolute Gasteiger partial charge is 0.497 e. The maximum atomic E-state index is 12.1. The van der Waals surface area contributed by atoms with Gasteiger partial charge in [-0.15, -0.1) is 0 Å². The van der Waals surface area contributed by atoms with E-state index in [0.717, 1.165) is 17.3 Å². The number of carboxylic acid groups (broad SMARTS) is 1. The van der Waals surface area contributed by atoms with E-state index < -0.39 is 11.2 Å². The second-order valence-corrected chi connectivity index (χ2v) is 7.99. The van der Waals surface area contributed by atoms with Crippen molar-refractivity contribution < 1.29 is 14.6 Å². The Morgan fingerprint density at radius 2 is 1.76 bits per heavy atom. The van der Waals surface area contributed by atoms with Gasteiger partial charge < -0.3 is 9.84 Å². The molecule has 1 atom stereocenters. The minimum absolute atomic E-state index is 0.284. The van der Waals surface area contributed by atoms with Crippen LogP contribution in [0.5, 0.6) is 5.75 Å². The number of aromatic nitrogens is 3. The molecule has 0 saturated heterocycles. The van der Waals surface area contributed by atoms with Crippen LogP contribution in [0.1, 0.15) is 16.4 Å². The Morgan fingerprint density at radius 1 is 1.06 bits per heavy atom. The lowest BCUT2D eigenvalue weighted by atomic mass is 10.0. The van der Waals surface area contributed by atoms with Crippen molar-refractivity contribution in [2.24, 2.45) is 0 Å². The molecule has 4 rings (SSSR count). The number of rotatable bonds is 7. The normalized spacial score (nSPS) is 11.4. The minimum atomic E-state index is -1.02. The van der Waals surface area contributed by atoms with E-state index in [1.165, 1.54) is 0 Å². The summed E-state index contributed by atoms with van der Waals surface area (Å²) in [6, 6.07) is 21.8. The number of carboxylic acids is 1. The first-order valence-corrected chi connectivity index (χ1v) is 10.8. The van der Waals surface area contributed by atoms with E-state index in [1.54, 1.807) is 68.0 Å². The fourth-order valence-corrected chi connectivity index (χ4v) is 4.30. The number of nitrogens with zero attached hydrogens (tertiary/aromatic N) is 4. The molecule has 0 spiro atoms. The van der Waals surface area contributed by atoms with Gasteiger partial charge in [0.05, 0.1) is 12.7 Å². The van der Waals surface area contributed by atoms with Crippen molar-refractivity contribution in [1.82, 2.24) is 15.0 Å². The van der Waals surface area contributed by atoms with E-state index in [9.17, 15) is 15.2 Å². The van der Waals surface area contributed by atoms with Crippen molar-refractivity contribution >= 4 is 17.7 Å². The quantitative estimate of drug-likeness (QED) is 0.388. The maximum Gasteiger partial charge on any atom is 0.321 e. The standard InChI is InChI=1S/C25H18N4O3S/c1-32-18-10-8-16(9-11-18)19-14-21(23-27-12-5-13-28-23)29-24(20(19)15-26)33-22(25(30)31)17-6-3-2-4-7-17/h2-14,22H,1H3,(H,30,31). The average Bonchev–Trinajstić information content (AvgIpc) is 2.87. The SMILES string of the molecule is COc1ccc(-c2cc(-c3ncccn3)nc(SC(C(=O)O)c3ccccc3)c2C#N)cc1. The van der Waals surface area contributed by atoms with Gasteiger partial charge in [-0.25, -0.2) is 15.0 Å². The summed E-state index contributed by atoms with van der Waals surface area (Å²) >= 11 is 1.01. The van der Waals surface area contributed by atoms with Crippen LogP contribution in [0.2, 0.25) is 0 Å². The van der Waals surface area contributed by atoms with E-state index in [1.807, 2.05) is 18.2 Å². The molecule has 2 aromatic carbocycles. The number of hydrogen-bond acceptors (Lipinski definition) is 7. The van der Waals surface area contributed by atoms with Crippen LogP contribution in [0.15, 0.2) is 84.1 Å². The lowest BCUT2D eigenvalue weighted by molar-refractivity contribution is -0.136. The number of thioether (sulfide) groups is 1. The molecule has 0 saturated carbocycles. The highest BCUT2D eigenvalue weighted by Crippen LogP contribution is 2.40. The Kier molecular flexibility index (Phi) is 6.62. The first-order valence-electron chi connectivity index (χ1n) is 9.92. The number of carbonyl (C=O) groups is 1. The number of methoxy groups -OCH3 is 1. The third-order valence-electron chi connectivity index (χ3n) is 4.85. The summed E-state index contributed by atoms with van der Waals surface area (Å²) in [5.41, 5.74) is 2.71. The van der Waals surface area contributed by atoms with Crippen molar-refractivity contribution in [3.05, 3.63) is 90.3 Å². The molecule has 0 amide bonds. The van der Waals surface area contributed by atoms with E-state index >= 15 is 0 Å². The van der Waals surface area contributed by atoms with Gasteiger partial charge in [-0.05, 0) is 35.4 Å². The Labute approximate surface area is 194 Å². The van der Waals surface area contributed by atoms with E-state index in [2.05, 4.69) is 21.0 Å². The summed E-state index contributed by atoms with van der Waals surface area (Å²) in [6.07, 6.45) is 3.21. The molecule has 162 valence electrons. The summed E-state index contributed by atoms with van der Waals surface area (Å²) in [7, 11) is 1.58. The predicted octanol–water partition coefficient (Wildman–Crippen LogP) is 5.00. The molecular weight excluding hydrogens is 436 g/mol. The second kappa shape index (κ2) is 9.94. The molecule has 8 heteroatoms. The number of benzene rings is 2. The first-order chi connectivity index (χ1) is 16.1. The fraction of sp³-hybridized carbons (Fsp3) is 0.0800. The van der Waals surface area contributed by atoms with Gasteiger partial charge >= 0.3 is 5.97 Å². The summed E-state index contributed by atoms with van der Waals surface area (Å²) in [5, 5.41) is 19.3. The minimum Gasteiger partial charge on any atom is -0.497 e. The Bertz CT molecular complexity index is 1310. The van der Waals surface area contributed by atoms with E-state index in [4.69, 9.17) is 4.74 Å². The first kappa shape index (κ1) is 22.0. The molecule has 0 fully saturated rings. The topological polar surface area (TPSA) is 109 Å². The smallest absolute Gasteiger partial charge is 0.321 e. The van der Waals surface area contributed by atoms with Gasteiger partial charge in [0.2, 0.25) is 0 Å². The van der Waals surface area contributed by atoms with Crippen LogP contribution in [-0.2, 0) is 4.79 Å². The molecule has 0 bridgehead atoms. The monoisotopic (exact) mass is 454 g/mol. The summed E-state index contributed by atoms with van der Waals surface area (Å²) in [4.78, 5) is 25.3. The maximum absolute atomic E-state index is 12.1. The Balaban J connectivity index is 1.89. The van der Waals surface area contributed by atoms with Crippen molar-refractivity contribution in [3.63, 3.8) is 0 Å². The van der Waals surface area contributed by atoms with Crippen LogP contribution < -0.4 is 4.74 Å². The number of aliphatic carboxylic acids is 1. The highest BCUT2D eigenvalue weighted by atomic mass is 32.2. The molecule has 0 aliphatic rings.